The van der Waals surface area contributed by atoms with E-state index >= 15 is 0 Å². The van der Waals surface area contributed by atoms with Crippen LogP contribution in [0.2, 0.25) is 0 Å². The van der Waals surface area contributed by atoms with E-state index in [-0.39, 0.29) is 5.41 Å². The van der Waals surface area contributed by atoms with Crippen LogP contribution in [0.25, 0.3) is 0 Å². The van der Waals surface area contributed by atoms with Crippen molar-refractivity contribution < 1.29 is 9.47 Å². The summed E-state index contributed by atoms with van der Waals surface area (Å²) in [6.45, 7) is 5.17. The van der Waals surface area contributed by atoms with E-state index < -0.39 is 0 Å². The van der Waals surface area contributed by atoms with Gasteiger partial charge in [0.1, 0.15) is 11.2 Å². The summed E-state index contributed by atoms with van der Waals surface area (Å²) in [4.78, 5) is 0. The monoisotopic (exact) mass is 246 g/mol. The summed E-state index contributed by atoms with van der Waals surface area (Å²) in [6.07, 6.45) is 0. The first-order valence-electron chi connectivity index (χ1n) is 6.19. The first kappa shape index (κ1) is 12.9. The molecule has 1 aromatic rings. The molecule has 2 rings (SSSR count). The van der Waals surface area contributed by atoms with Gasteiger partial charge in [0, 0.05) is 13.1 Å². The largest absolute Gasteiger partial charge is 0.494 e. The molecular formula is C14H18N2O2. The van der Waals surface area contributed by atoms with E-state index in [4.69, 9.17) is 14.7 Å². The maximum Gasteiger partial charge on any atom is 0.119 e. The van der Waals surface area contributed by atoms with Crippen LogP contribution in [0.4, 0.5) is 0 Å². The standard InChI is InChI=1S/C14H18N2O2/c1-2-18-13-5-3-12(4-6-13)7-16-9-14(8-15)10-17-11-14/h3-6,16H,2,7,9-11H2,1H3. The fourth-order valence-corrected chi connectivity index (χ4v) is 1.87. The molecule has 0 atom stereocenters. The van der Waals surface area contributed by atoms with Gasteiger partial charge in [-0.15, -0.1) is 0 Å². The molecular weight excluding hydrogens is 228 g/mol. The number of ether oxygens (including phenoxy) is 2. The lowest BCUT2D eigenvalue weighted by Gasteiger charge is -2.35. The van der Waals surface area contributed by atoms with Crippen LogP contribution in [0.3, 0.4) is 0 Å². The Kier molecular flexibility index (Phi) is 4.19. The number of hydrogen-bond donors (Lipinski definition) is 1. The molecule has 1 aromatic carbocycles. The fraction of sp³-hybridized carbons (Fsp3) is 0.500. The highest BCUT2D eigenvalue weighted by atomic mass is 16.5. The quantitative estimate of drug-likeness (QED) is 0.830. The Balaban J connectivity index is 1.78. The SMILES string of the molecule is CCOc1ccc(CNCC2(C#N)COC2)cc1. The molecule has 96 valence electrons. The second-order valence-corrected chi connectivity index (χ2v) is 4.57. The molecule has 0 amide bonds. The molecule has 1 aliphatic rings. The zero-order valence-corrected chi connectivity index (χ0v) is 10.6. The second kappa shape index (κ2) is 5.85. The molecule has 0 spiro atoms. The van der Waals surface area contributed by atoms with Gasteiger partial charge in [-0.1, -0.05) is 12.1 Å². The summed E-state index contributed by atoms with van der Waals surface area (Å²) in [5.41, 5.74) is 0.873. The third kappa shape index (κ3) is 3.00. The van der Waals surface area contributed by atoms with Gasteiger partial charge in [-0.05, 0) is 24.6 Å². The van der Waals surface area contributed by atoms with Crippen molar-refractivity contribution in [3.63, 3.8) is 0 Å². The van der Waals surface area contributed by atoms with Crippen LogP contribution in [-0.4, -0.2) is 26.4 Å². The number of benzene rings is 1. The molecule has 0 bridgehead atoms. The van der Waals surface area contributed by atoms with E-state index in [0.29, 0.717) is 26.4 Å². The Hall–Kier alpha value is -1.57. The summed E-state index contributed by atoms with van der Waals surface area (Å²) in [5.74, 6) is 0.891. The summed E-state index contributed by atoms with van der Waals surface area (Å²) >= 11 is 0. The van der Waals surface area contributed by atoms with Crippen molar-refractivity contribution in [1.29, 1.82) is 5.26 Å². The molecule has 4 nitrogen and oxygen atoms in total. The van der Waals surface area contributed by atoms with Crippen LogP contribution in [0.15, 0.2) is 24.3 Å². The van der Waals surface area contributed by atoms with E-state index in [1.165, 1.54) is 5.56 Å². The van der Waals surface area contributed by atoms with Crippen molar-refractivity contribution in [2.24, 2.45) is 5.41 Å². The minimum atomic E-state index is -0.314. The van der Waals surface area contributed by atoms with E-state index in [2.05, 4.69) is 11.4 Å². The van der Waals surface area contributed by atoms with Gasteiger partial charge in [-0.3, -0.25) is 0 Å². The third-order valence-corrected chi connectivity index (χ3v) is 3.02. The number of nitrogens with one attached hydrogen (secondary N) is 1. The number of hydrogen-bond acceptors (Lipinski definition) is 4. The molecule has 0 aliphatic carbocycles. The first-order valence-corrected chi connectivity index (χ1v) is 6.19. The molecule has 18 heavy (non-hydrogen) atoms. The topological polar surface area (TPSA) is 54.3 Å². The predicted molar refractivity (Wildman–Crippen MR) is 68.2 cm³/mol. The van der Waals surface area contributed by atoms with Gasteiger partial charge in [0.15, 0.2) is 0 Å². The predicted octanol–water partition coefficient (Wildman–Crippen LogP) is 1.72. The van der Waals surface area contributed by atoms with Crippen LogP contribution in [0, 0.1) is 16.7 Å². The van der Waals surface area contributed by atoms with Crippen LogP contribution >= 0.6 is 0 Å². The maximum atomic E-state index is 9.04. The number of rotatable bonds is 6. The van der Waals surface area contributed by atoms with Crippen LogP contribution < -0.4 is 10.1 Å². The molecule has 0 saturated carbocycles. The lowest BCUT2D eigenvalue weighted by molar-refractivity contribution is -0.0755. The third-order valence-electron chi connectivity index (χ3n) is 3.02. The summed E-state index contributed by atoms with van der Waals surface area (Å²) in [6, 6.07) is 10.3. The molecule has 0 unspecified atom stereocenters. The molecule has 1 heterocycles. The van der Waals surface area contributed by atoms with Gasteiger partial charge in [0.05, 0.1) is 25.9 Å². The van der Waals surface area contributed by atoms with Crippen molar-refractivity contribution in [1.82, 2.24) is 5.32 Å². The van der Waals surface area contributed by atoms with Crippen molar-refractivity contribution in [3.8, 4) is 11.8 Å². The molecule has 1 saturated heterocycles. The minimum Gasteiger partial charge on any atom is -0.494 e. The number of nitrogens with zero attached hydrogens (tertiary/aromatic N) is 1. The van der Waals surface area contributed by atoms with Crippen LogP contribution in [-0.2, 0) is 11.3 Å². The first-order chi connectivity index (χ1) is 8.78. The maximum absolute atomic E-state index is 9.04. The smallest absolute Gasteiger partial charge is 0.119 e. The van der Waals surface area contributed by atoms with E-state index in [1.54, 1.807) is 0 Å². The van der Waals surface area contributed by atoms with Crippen molar-refractivity contribution >= 4 is 0 Å². The number of nitriles is 1. The normalized spacial score (nSPS) is 16.7. The zero-order valence-electron chi connectivity index (χ0n) is 10.6. The van der Waals surface area contributed by atoms with Gasteiger partial charge in [0.2, 0.25) is 0 Å². The fourth-order valence-electron chi connectivity index (χ4n) is 1.87. The van der Waals surface area contributed by atoms with Crippen molar-refractivity contribution in [2.45, 2.75) is 13.5 Å². The summed E-state index contributed by atoms with van der Waals surface area (Å²) in [7, 11) is 0. The average Bonchev–Trinajstić information content (AvgIpc) is 2.35. The highest BCUT2D eigenvalue weighted by molar-refractivity contribution is 5.27. The Morgan fingerprint density at radius 2 is 2.11 bits per heavy atom. The highest BCUT2D eigenvalue weighted by Gasteiger charge is 2.38. The van der Waals surface area contributed by atoms with Crippen molar-refractivity contribution in [2.75, 3.05) is 26.4 Å². The zero-order chi connectivity index (χ0) is 12.8. The van der Waals surface area contributed by atoms with Gasteiger partial charge in [-0.25, -0.2) is 0 Å². The molecule has 1 N–H and O–H groups in total. The summed E-state index contributed by atoms with van der Waals surface area (Å²) < 4.78 is 10.5. The van der Waals surface area contributed by atoms with Crippen molar-refractivity contribution in [3.05, 3.63) is 29.8 Å². The highest BCUT2D eigenvalue weighted by Crippen LogP contribution is 2.25. The van der Waals surface area contributed by atoms with Gasteiger partial charge in [0.25, 0.3) is 0 Å². The van der Waals surface area contributed by atoms with Gasteiger partial charge >= 0.3 is 0 Å². The molecule has 4 heteroatoms. The molecule has 1 aliphatic heterocycles. The lowest BCUT2D eigenvalue weighted by atomic mass is 9.88. The van der Waals surface area contributed by atoms with E-state index in [1.807, 2.05) is 31.2 Å². The lowest BCUT2D eigenvalue weighted by Crippen LogP contribution is -2.48. The van der Waals surface area contributed by atoms with Crippen LogP contribution in [0.5, 0.6) is 5.75 Å². The second-order valence-electron chi connectivity index (χ2n) is 4.57. The summed E-state index contributed by atoms with van der Waals surface area (Å²) in [5, 5.41) is 12.3. The Labute approximate surface area is 108 Å². The Morgan fingerprint density at radius 1 is 1.39 bits per heavy atom. The van der Waals surface area contributed by atoms with E-state index in [9.17, 15) is 0 Å². The van der Waals surface area contributed by atoms with Crippen LogP contribution in [0.1, 0.15) is 12.5 Å². The van der Waals surface area contributed by atoms with E-state index in [0.717, 1.165) is 12.3 Å². The minimum absolute atomic E-state index is 0.314. The molecule has 1 fully saturated rings. The Morgan fingerprint density at radius 3 is 2.61 bits per heavy atom. The van der Waals surface area contributed by atoms with Gasteiger partial charge in [-0.2, -0.15) is 5.26 Å². The average molecular weight is 246 g/mol. The Bertz CT molecular complexity index is 418. The van der Waals surface area contributed by atoms with Gasteiger partial charge < -0.3 is 14.8 Å². The molecule has 0 aromatic heterocycles. The molecule has 0 radical (unpaired) electrons.